The number of carbonyl (C=O) groups excluding carboxylic acids is 1. The number of imidazole rings is 1. The summed E-state index contributed by atoms with van der Waals surface area (Å²) in [4.78, 5) is 24.7. The molecule has 6 heteroatoms. The number of rotatable bonds is 6. The third-order valence-corrected chi connectivity index (χ3v) is 5.85. The molecule has 0 saturated heterocycles. The fraction of sp³-hybridized carbons (Fsp3) is 0.458. The first kappa shape index (κ1) is 20.5. The Morgan fingerprint density at radius 3 is 2.77 bits per heavy atom. The molecule has 3 aromatic rings. The van der Waals surface area contributed by atoms with Crippen molar-refractivity contribution in [3.63, 3.8) is 0 Å². The van der Waals surface area contributed by atoms with Gasteiger partial charge in [0.2, 0.25) is 0 Å². The fourth-order valence-corrected chi connectivity index (χ4v) is 4.46. The number of aromatic nitrogens is 3. The van der Waals surface area contributed by atoms with Gasteiger partial charge in [0, 0.05) is 24.3 Å². The summed E-state index contributed by atoms with van der Waals surface area (Å²) in [6, 6.07) is 8.63. The van der Waals surface area contributed by atoms with Crippen LogP contribution in [0.25, 0.3) is 11.2 Å². The first-order valence-electron chi connectivity index (χ1n) is 10.8. The molecule has 1 fully saturated rings. The smallest absolute Gasteiger partial charge is 0.254 e. The predicted octanol–water partition coefficient (Wildman–Crippen LogP) is 5.29. The molecular weight excluding hydrogens is 379 g/mol. The number of carbonyl (C=O) groups is 1. The van der Waals surface area contributed by atoms with E-state index in [9.17, 15) is 9.18 Å². The number of benzene rings is 1. The van der Waals surface area contributed by atoms with Gasteiger partial charge in [-0.05, 0) is 55.5 Å². The molecule has 0 atom stereocenters. The maximum Gasteiger partial charge on any atom is 0.254 e. The summed E-state index contributed by atoms with van der Waals surface area (Å²) in [5, 5.41) is 0. The van der Waals surface area contributed by atoms with Crippen LogP contribution < -0.4 is 0 Å². The van der Waals surface area contributed by atoms with Gasteiger partial charge >= 0.3 is 0 Å². The standard InChI is InChI=1S/C24H29FN4O/c1-16(2)14-28(24(30)20-13-18(25)11-10-17(20)3)15-22-27-21-9-6-12-26-23(21)29(22)19-7-4-5-8-19/h6,9-13,16,19H,4-5,7-8,14-15H2,1-3H3. The molecule has 158 valence electrons. The average molecular weight is 409 g/mol. The van der Waals surface area contributed by atoms with Crippen LogP contribution in [0.3, 0.4) is 0 Å². The molecule has 0 bridgehead atoms. The topological polar surface area (TPSA) is 51.0 Å². The van der Waals surface area contributed by atoms with Crippen molar-refractivity contribution in [1.29, 1.82) is 0 Å². The lowest BCUT2D eigenvalue weighted by atomic mass is 10.1. The van der Waals surface area contributed by atoms with Crippen LogP contribution in [0.15, 0.2) is 36.5 Å². The van der Waals surface area contributed by atoms with Gasteiger partial charge in [-0.2, -0.15) is 0 Å². The molecule has 4 rings (SSSR count). The van der Waals surface area contributed by atoms with E-state index >= 15 is 0 Å². The summed E-state index contributed by atoms with van der Waals surface area (Å²) >= 11 is 0. The van der Waals surface area contributed by atoms with E-state index in [2.05, 4.69) is 23.4 Å². The number of hydrogen-bond acceptors (Lipinski definition) is 3. The SMILES string of the molecule is Cc1ccc(F)cc1C(=O)N(Cc1nc2cccnc2n1C1CCCC1)CC(C)C. The molecule has 2 heterocycles. The zero-order valence-electron chi connectivity index (χ0n) is 17.9. The second-order valence-electron chi connectivity index (χ2n) is 8.72. The quantitative estimate of drug-likeness (QED) is 0.557. The minimum atomic E-state index is -0.393. The van der Waals surface area contributed by atoms with Gasteiger partial charge in [0.1, 0.15) is 17.2 Å². The van der Waals surface area contributed by atoms with Crippen LogP contribution in [-0.2, 0) is 6.54 Å². The molecule has 0 radical (unpaired) electrons. The summed E-state index contributed by atoms with van der Waals surface area (Å²) in [6.07, 6.45) is 6.42. The van der Waals surface area contributed by atoms with Crippen LogP contribution in [0.4, 0.5) is 4.39 Å². The molecule has 0 N–H and O–H groups in total. The summed E-state index contributed by atoms with van der Waals surface area (Å²) in [6.45, 7) is 6.98. The monoisotopic (exact) mass is 408 g/mol. The number of nitrogens with zero attached hydrogens (tertiary/aromatic N) is 4. The second-order valence-corrected chi connectivity index (χ2v) is 8.72. The van der Waals surface area contributed by atoms with Crippen molar-refractivity contribution in [2.75, 3.05) is 6.54 Å². The van der Waals surface area contributed by atoms with E-state index in [1.165, 1.54) is 25.0 Å². The minimum Gasteiger partial charge on any atom is -0.331 e. The number of halogens is 1. The Bertz CT molecular complexity index is 1050. The van der Waals surface area contributed by atoms with E-state index in [4.69, 9.17) is 4.98 Å². The Kier molecular flexibility index (Phi) is 5.84. The fourth-order valence-electron chi connectivity index (χ4n) is 4.46. The number of pyridine rings is 1. The third kappa shape index (κ3) is 4.09. The van der Waals surface area contributed by atoms with Crippen LogP contribution in [0, 0.1) is 18.7 Å². The molecule has 0 unspecified atom stereocenters. The Morgan fingerprint density at radius 2 is 2.03 bits per heavy atom. The maximum atomic E-state index is 13.9. The molecule has 2 aromatic heterocycles. The van der Waals surface area contributed by atoms with Gasteiger partial charge in [-0.15, -0.1) is 0 Å². The van der Waals surface area contributed by atoms with Gasteiger partial charge in [0.05, 0.1) is 6.54 Å². The minimum absolute atomic E-state index is 0.154. The average Bonchev–Trinajstić information content (AvgIpc) is 3.35. The van der Waals surface area contributed by atoms with E-state index in [0.717, 1.165) is 35.4 Å². The Morgan fingerprint density at radius 1 is 1.27 bits per heavy atom. The first-order valence-corrected chi connectivity index (χ1v) is 10.8. The lowest BCUT2D eigenvalue weighted by Gasteiger charge is -2.26. The second kappa shape index (κ2) is 8.54. The van der Waals surface area contributed by atoms with Crippen molar-refractivity contribution in [3.8, 4) is 0 Å². The summed E-state index contributed by atoms with van der Waals surface area (Å²) in [5.41, 5.74) is 2.94. The highest BCUT2D eigenvalue weighted by Crippen LogP contribution is 2.33. The molecule has 0 aliphatic heterocycles. The van der Waals surface area contributed by atoms with Crippen molar-refractivity contribution in [1.82, 2.24) is 19.4 Å². The molecular formula is C24H29FN4O. The van der Waals surface area contributed by atoms with Crippen molar-refractivity contribution in [2.24, 2.45) is 5.92 Å². The number of fused-ring (bicyclic) bond motifs is 1. The lowest BCUT2D eigenvalue weighted by molar-refractivity contribution is 0.0714. The van der Waals surface area contributed by atoms with E-state index in [-0.39, 0.29) is 11.8 Å². The molecule has 5 nitrogen and oxygen atoms in total. The highest BCUT2D eigenvalue weighted by atomic mass is 19.1. The molecule has 1 aliphatic carbocycles. The lowest BCUT2D eigenvalue weighted by Crippen LogP contribution is -2.35. The van der Waals surface area contributed by atoms with E-state index in [1.54, 1.807) is 17.2 Å². The van der Waals surface area contributed by atoms with E-state index in [0.29, 0.717) is 24.7 Å². The summed E-state index contributed by atoms with van der Waals surface area (Å²) < 4.78 is 16.1. The Balaban J connectivity index is 1.73. The van der Waals surface area contributed by atoms with Gasteiger partial charge < -0.3 is 9.47 Å². The molecule has 1 saturated carbocycles. The van der Waals surface area contributed by atoms with Gasteiger partial charge in [0.15, 0.2) is 5.65 Å². The third-order valence-electron chi connectivity index (χ3n) is 5.85. The van der Waals surface area contributed by atoms with E-state index in [1.807, 2.05) is 19.1 Å². The van der Waals surface area contributed by atoms with Crippen LogP contribution in [0.1, 0.15) is 67.3 Å². The predicted molar refractivity (Wildman–Crippen MR) is 116 cm³/mol. The highest BCUT2D eigenvalue weighted by Gasteiger charge is 2.27. The van der Waals surface area contributed by atoms with Gasteiger partial charge in [-0.25, -0.2) is 14.4 Å². The van der Waals surface area contributed by atoms with Crippen molar-refractivity contribution in [3.05, 3.63) is 59.3 Å². The van der Waals surface area contributed by atoms with Crippen LogP contribution in [0.2, 0.25) is 0 Å². The largest absolute Gasteiger partial charge is 0.331 e. The molecule has 30 heavy (non-hydrogen) atoms. The van der Waals surface area contributed by atoms with Crippen LogP contribution >= 0.6 is 0 Å². The van der Waals surface area contributed by atoms with Crippen molar-refractivity contribution >= 4 is 17.1 Å². The van der Waals surface area contributed by atoms with Gasteiger partial charge in [-0.3, -0.25) is 4.79 Å². The maximum absolute atomic E-state index is 13.9. The van der Waals surface area contributed by atoms with E-state index < -0.39 is 5.82 Å². The first-order chi connectivity index (χ1) is 14.4. The van der Waals surface area contributed by atoms with Crippen LogP contribution in [0.5, 0.6) is 0 Å². The molecule has 1 amide bonds. The van der Waals surface area contributed by atoms with Crippen LogP contribution in [-0.4, -0.2) is 31.9 Å². The van der Waals surface area contributed by atoms with Gasteiger partial charge in [-0.1, -0.05) is 32.8 Å². The highest BCUT2D eigenvalue weighted by molar-refractivity contribution is 5.95. The number of amides is 1. The normalized spacial score (nSPS) is 14.7. The molecule has 1 aromatic carbocycles. The zero-order valence-corrected chi connectivity index (χ0v) is 17.9. The van der Waals surface area contributed by atoms with Crippen molar-refractivity contribution in [2.45, 2.75) is 59.0 Å². The Hall–Kier alpha value is -2.76. The molecule has 1 aliphatic rings. The zero-order chi connectivity index (χ0) is 21.3. The summed E-state index contributed by atoms with van der Waals surface area (Å²) in [7, 11) is 0. The number of aryl methyl sites for hydroxylation is 1. The number of hydrogen-bond donors (Lipinski definition) is 0. The van der Waals surface area contributed by atoms with Crippen molar-refractivity contribution < 1.29 is 9.18 Å². The molecule has 0 spiro atoms. The Labute approximate surface area is 176 Å². The van der Waals surface area contributed by atoms with Gasteiger partial charge in [0.25, 0.3) is 5.91 Å². The summed E-state index contributed by atoms with van der Waals surface area (Å²) in [5.74, 6) is 0.596.